The van der Waals surface area contributed by atoms with Crippen molar-refractivity contribution in [2.75, 3.05) is 31.3 Å². The van der Waals surface area contributed by atoms with Crippen LogP contribution in [0.4, 0.5) is 5.69 Å². The summed E-state index contributed by atoms with van der Waals surface area (Å²) < 4.78 is 12.0. The first-order valence-corrected chi connectivity index (χ1v) is 11.3. The number of benzene rings is 3. The van der Waals surface area contributed by atoms with Crippen LogP contribution in [-0.4, -0.2) is 37.2 Å². The second-order valence-corrected chi connectivity index (χ2v) is 8.33. The van der Waals surface area contributed by atoms with E-state index in [4.69, 9.17) is 9.47 Å². The topological polar surface area (TPSA) is 42.0 Å². The Kier molecular flexibility index (Phi) is 6.04. The lowest BCUT2D eigenvalue weighted by Gasteiger charge is -2.33. The number of amides is 1. The Morgan fingerprint density at radius 2 is 1.44 bits per heavy atom. The van der Waals surface area contributed by atoms with E-state index in [1.807, 2.05) is 41.3 Å². The molecule has 1 fully saturated rings. The van der Waals surface area contributed by atoms with Gasteiger partial charge < -0.3 is 9.47 Å². The maximum absolute atomic E-state index is 13.7. The van der Waals surface area contributed by atoms with Gasteiger partial charge in [0.25, 0.3) is 11.7 Å². The van der Waals surface area contributed by atoms with Crippen LogP contribution in [0, 0.1) is 0 Å². The van der Waals surface area contributed by atoms with Crippen molar-refractivity contribution < 1.29 is 14.3 Å². The van der Waals surface area contributed by atoms with Crippen LogP contribution in [0.3, 0.4) is 0 Å². The predicted octanol–water partition coefficient (Wildman–Crippen LogP) is 4.33. The third-order valence-corrected chi connectivity index (χ3v) is 6.13. The number of para-hydroxylation sites is 1. The molecular weight excluding hydrogens is 400 g/mol. The molecule has 0 unspecified atom stereocenters. The van der Waals surface area contributed by atoms with Gasteiger partial charge in [-0.05, 0) is 30.0 Å². The SMILES string of the molecule is O=C1N(CN(CCc2ccccc2)Cc2ccccc2)c2ccccc2C12OCCCO2. The lowest BCUT2D eigenvalue weighted by molar-refractivity contribution is -0.256. The summed E-state index contributed by atoms with van der Waals surface area (Å²) in [5, 5.41) is 0. The summed E-state index contributed by atoms with van der Waals surface area (Å²) in [4.78, 5) is 17.8. The summed E-state index contributed by atoms with van der Waals surface area (Å²) in [6.07, 6.45) is 1.71. The highest BCUT2D eigenvalue weighted by molar-refractivity contribution is 6.06. The maximum atomic E-state index is 13.7. The number of carbonyl (C=O) groups is 1. The van der Waals surface area contributed by atoms with Crippen LogP contribution in [0.15, 0.2) is 84.9 Å². The number of carbonyl (C=O) groups excluding carboxylic acids is 1. The molecule has 1 amide bonds. The van der Waals surface area contributed by atoms with Crippen molar-refractivity contribution in [1.29, 1.82) is 0 Å². The van der Waals surface area contributed by atoms with Gasteiger partial charge in [0.15, 0.2) is 0 Å². The van der Waals surface area contributed by atoms with E-state index in [1.54, 1.807) is 0 Å². The Hall–Kier alpha value is -2.99. The molecule has 0 aromatic heterocycles. The van der Waals surface area contributed by atoms with Gasteiger partial charge in [-0.15, -0.1) is 0 Å². The Labute approximate surface area is 189 Å². The number of anilines is 1. The summed E-state index contributed by atoms with van der Waals surface area (Å²) >= 11 is 0. The molecule has 32 heavy (non-hydrogen) atoms. The number of ether oxygens (including phenoxy) is 2. The van der Waals surface area contributed by atoms with E-state index in [9.17, 15) is 4.79 Å². The van der Waals surface area contributed by atoms with Crippen molar-refractivity contribution in [3.8, 4) is 0 Å². The second-order valence-electron chi connectivity index (χ2n) is 8.33. The zero-order valence-electron chi connectivity index (χ0n) is 18.2. The highest BCUT2D eigenvalue weighted by Crippen LogP contribution is 2.45. The van der Waals surface area contributed by atoms with Crippen molar-refractivity contribution in [2.24, 2.45) is 0 Å². The fourth-order valence-corrected chi connectivity index (χ4v) is 4.51. The third-order valence-electron chi connectivity index (χ3n) is 6.13. The molecule has 2 heterocycles. The Balaban J connectivity index is 1.41. The van der Waals surface area contributed by atoms with Crippen molar-refractivity contribution in [3.05, 3.63) is 102 Å². The van der Waals surface area contributed by atoms with Gasteiger partial charge in [-0.3, -0.25) is 14.6 Å². The maximum Gasteiger partial charge on any atom is 0.293 e. The van der Waals surface area contributed by atoms with Gasteiger partial charge in [0.1, 0.15) is 0 Å². The minimum atomic E-state index is -1.30. The van der Waals surface area contributed by atoms with Gasteiger partial charge in [-0.2, -0.15) is 0 Å². The Morgan fingerprint density at radius 1 is 0.812 bits per heavy atom. The summed E-state index contributed by atoms with van der Waals surface area (Å²) in [7, 11) is 0. The van der Waals surface area contributed by atoms with E-state index in [-0.39, 0.29) is 5.91 Å². The highest BCUT2D eigenvalue weighted by Gasteiger charge is 2.54. The number of hydrogen-bond donors (Lipinski definition) is 0. The lowest BCUT2D eigenvalue weighted by atomic mass is 10.1. The van der Waals surface area contributed by atoms with Gasteiger partial charge in [0.2, 0.25) is 0 Å². The van der Waals surface area contributed by atoms with Crippen molar-refractivity contribution in [2.45, 2.75) is 25.2 Å². The van der Waals surface area contributed by atoms with Crippen LogP contribution in [-0.2, 0) is 33.0 Å². The second kappa shape index (κ2) is 9.25. The molecule has 5 rings (SSSR count). The zero-order chi connectivity index (χ0) is 21.8. The monoisotopic (exact) mass is 428 g/mol. The molecule has 1 spiro atoms. The molecule has 3 aromatic carbocycles. The van der Waals surface area contributed by atoms with E-state index in [0.717, 1.165) is 37.2 Å². The molecule has 3 aromatic rings. The number of nitrogens with zero attached hydrogens (tertiary/aromatic N) is 2. The summed E-state index contributed by atoms with van der Waals surface area (Å²) in [5.74, 6) is -1.43. The normalized spacial score (nSPS) is 17.2. The van der Waals surface area contributed by atoms with Crippen LogP contribution < -0.4 is 4.90 Å². The first-order valence-electron chi connectivity index (χ1n) is 11.3. The molecular formula is C27H28N2O3. The van der Waals surface area contributed by atoms with Gasteiger partial charge >= 0.3 is 0 Å². The van der Waals surface area contributed by atoms with Crippen molar-refractivity contribution in [1.82, 2.24) is 4.90 Å². The molecule has 0 aliphatic carbocycles. The van der Waals surface area contributed by atoms with E-state index in [0.29, 0.717) is 19.9 Å². The largest absolute Gasteiger partial charge is 0.338 e. The molecule has 0 radical (unpaired) electrons. The molecule has 5 heteroatoms. The fourth-order valence-electron chi connectivity index (χ4n) is 4.51. The molecule has 0 atom stereocenters. The van der Waals surface area contributed by atoms with Crippen LogP contribution >= 0.6 is 0 Å². The minimum absolute atomic E-state index is 0.129. The van der Waals surface area contributed by atoms with Gasteiger partial charge in [0.05, 0.1) is 25.6 Å². The predicted molar refractivity (Wildman–Crippen MR) is 124 cm³/mol. The molecule has 0 N–H and O–H groups in total. The Morgan fingerprint density at radius 3 is 2.16 bits per heavy atom. The van der Waals surface area contributed by atoms with Crippen molar-refractivity contribution in [3.63, 3.8) is 0 Å². The summed E-state index contributed by atoms with van der Waals surface area (Å²) in [6, 6.07) is 28.7. The third kappa shape index (κ3) is 4.07. The molecule has 2 aliphatic rings. The smallest absolute Gasteiger partial charge is 0.293 e. The highest BCUT2D eigenvalue weighted by atomic mass is 16.7. The van der Waals surface area contributed by atoms with Crippen LogP contribution in [0.2, 0.25) is 0 Å². The first kappa shape index (κ1) is 20.9. The van der Waals surface area contributed by atoms with Gasteiger partial charge in [-0.25, -0.2) is 0 Å². The number of fused-ring (bicyclic) bond motifs is 2. The summed E-state index contributed by atoms with van der Waals surface area (Å²) in [5.41, 5.74) is 4.19. The lowest BCUT2D eigenvalue weighted by Crippen LogP contribution is -2.50. The first-order chi connectivity index (χ1) is 15.8. The fraction of sp³-hybridized carbons (Fsp3) is 0.296. The van der Waals surface area contributed by atoms with E-state index in [2.05, 4.69) is 53.4 Å². The molecule has 2 aliphatic heterocycles. The van der Waals surface area contributed by atoms with Crippen LogP contribution in [0.1, 0.15) is 23.1 Å². The molecule has 5 nitrogen and oxygen atoms in total. The minimum Gasteiger partial charge on any atom is -0.338 e. The van der Waals surface area contributed by atoms with Gasteiger partial charge in [-0.1, -0.05) is 78.9 Å². The number of hydrogen-bond acceptors (Lipinski definition) is 4. The van der Waals surface area contributed by atoms with E-state index >= 15 is 0 Å². The van der Waals surface area contributed by atoms with Crippen LogP contribution in [0.25, 0.3) is 0 Å². The molecule has 0 saturated carbocycles. The molecule has 164 valence electrons. The zero-order valence-corrected chi connectivity index (χ0v) is 18.2. The van der Waals surface area contributed by atoms with Gasteiger partial charge in [0, 0.05) is 18.7 Å². The van der Waals surface area contributed by atoms with E-state index in [1.165, 1.54) is 11.1 Å². The average molecular weight is 429 g/mol. The molecule has 1 saturated heterocycles. The molecule has 0 bridgehead atoms. The van der Waals surface area contributed by atoms with Crippen molar-refractivity contribution >= 4 is 11.6 Å². The average Bonchev–Trinajstić information content (AvgIpc) is 3.07. The summed E-state index contributed by atoms with van der Waals surface area (Å²) in [6.45, 7) is 3.12. The van der Waals surface area contributed by atoms with E-state index < -0.39 is 5.79 Å². The standard InChI is InChI=1S/C27H28N2O3/c30-26-27(31-18-9-19-32-27)24-14-7-8-15-25(24)29(26)21-28(20-23-12-5-2-6-13-23)17-16-22-10-3-1-4-11-22/h1-8,10-15H,9,16-21H2. The Bertz CT molecular complexity index is 1050. The van der Waals surface area contributed by atoms with Crippen LogP contribution in [0.5, 0.6) is 0 Å². The number of rotatable bonds is 7. The quantitative estimate of drug-likeness (QED) is 0.562.